The fourth-order valence-electron chi connectivity index (χ4n) is 2.77. The first-order chi connectivity index (χ1) is 15.0. The van der Waals surface area contributed by atoms with Gasteiger partial charge in [0, 0.05) is 0 Å². The van der Waals surface area contributed by atoms with Gasteiger partial charge in [-0.05, 0) is 0 Å². The fraction of sp³-hybridized carbons (Fsp3) is 0.150. The van der Waals surface area contributed by atoms with E-state index in [0.29, 0.717) is 11.8 Å². The number of halogens is 6. The van der Waals surface area contributed by atoms with Crippen molar-refractivity contribution in [2.24, 2.45) is 0 Å². The number of aromatic nitrogens is 2. The van der Waals surface area contributed by atoms with Gasteiger partial charge in [0.1, 0.15) is 0 Å². The van der Waals surface area contributed by atoms with Crippen LogP contribution in [0.3, 0.4) is 0 Å². The van der Waals surface area contributed by atoms with Crippen LogP contribution in [0.1, 0.15) is 27.3 Å². The van der Waals surface area contributed by atoms with Crippen LogP contribution in [0.25, 0.3) is 0 Å². The van der Waals surface area contributed by atoms with Crippen molar-refractivity contribution in [2.75, 3.05) is 8.14 Å². The summed E-state index contributed by atoms with van der Waals surface area (Å²) in [5, 5.41) is 9.38. The maximum atomic E-state index is 13.5. The van der Waals surface area contributed by atoms with Crippen molar-refractivity contribution in [3.8, 4) is 0 Å². The zero-order chi connectivity index (χ0) is 23.7. The summed E-state index contributed by atoms with van der Waals surface area (Å²) < 4.78 is 54.7. The van der Waals surface area contributed by atoms with Crippen molar-refractivity contribution < 1.29 is 26.1 Å². The minimum absolute atomic E-state index is 0.0837. The average molecular weight is 600 g/mol. The Morgan fingerprint density at radius 3 is 2.53 bits per heavy atom. The Balaban J connectivity index is 2.09. The average Bonchev–Trinajstić information content (AvgIpc) is 2.73. The predicted molar refractivity (Wildman–Crippen MR) is 122 cm³/mol. The van der Waals surface area contributed by atoms with Gasteiger partial charge in [0.05, 0.1) is 0 Å². The van der Waals surface area contributed by atoms with E-state index in [1.54, 1.807) is 13.0 Å². The Morgan fingerprint density at radius 2 is 1.91 bits per heavy atom. The van der Waals surface area contributed by atoms with Crippen LogP contribution in [-0.2, 0) is 9.25 Å². The third-order valence-corrected chi connectivity index (χ3v) is 9.96. The number of aryl methyl sites for hydroxylation is 1. The molecule has 3 rings (SSSR count). The van der Waals surface area contributed by atoms with E-state index in [-0.39, 0.29) is 25.5 Å². The van der Waals surface area contributed by atoms with Gasteiger partial charge in [-0.3, -0.25) is 0 Å². The molecular weight excluding hydrogens is 585 g/mol. The number of carbonyl (C=O) groups excluding carboxylic acids is 1. The third kappa shape index (κ3) is 5.08. The van der Waals surface area contributed by atoms with Gasteiger partial charge in [-0.2, -0.15) is 0 Å². The molecule has 0 aliphatic carbocycles. The molecule has 12 heteroatoms. The van der Waals surface area contributed by atoms with Gasteiger partial charge in [-0.15, -0.1) is 0 Å². The van der Waals surface area contributed by atoms with Gasteiger partial charge < -0.3 is 0 Å². The van der Waals surface area contributed by atoms with Gasteiger partial charge >= 0.3 is 196 Å². The molecule has 0 fully saturated rings. The van der Waals surface area contributed by atoms with Gasteiger partial charge in [0.25, 0.3) is 0 Å². The Morgan fingerprint density at radius 1 is 1.19 bits per heavy atom. The molecule has 170 valence electrons. The molecule has 1 unspecified atom stereocenters. The Labute approximate surface area is 195 Å². The van der Waals surface area contributed by atoms with Crippen molar-refractivity contribution in [1.29, 1.82) is 0 Å². The van der Waals surface area contributed by atoms with Crippen LogP contribution in [0.15, 0.2) is 48.8 Å². The number of anilines is 1. The van der Waals surface area contributed by atoms with E-state index in [2.05, 4.69) is 13.5 Å². The summed E-state index contributed by atoms with van der Waals surface area (Å²) >= 11 is 6.64. The SMILES string of the molecule is Cc1ncccc1C(=O)c1ncc(Cl)cc1NI(=O)(CO)c1ccc(Cl)c(C(F)(F)F)c1. The van der Waals surface area contributed by atoms with Crippen molar-refractivity contribution >= 4 is 53.4 Å². The zero-order valence-electron chi connectivity index (χ0n) is 16.3. The van der Waals surface area contributed by atoms with Crippen LogP contribution in [0, 0.1) is 10.5 Å². The van der Waals surface area contributed by atoms with Crippen LogP contribution in [0.4, 0.5) is 18.9 Å². The molecule has 32 heavy (non-hydrogen) atoms. The number of rotatable bonds is 6. The number of hydrogen-bond acceptors (Lipinski definition) is 5. The number of benzene rings is 1. The summed E-state index contributed by atoms with van der Waals surface area (Å²) in [4.78, 5) is 21.1. The third-order valence-electron chi connectivity index (χ3n) is 4.33. The second-order valence-electron chi connectivity index (χ2n) is 6.48. The molecule has 0 aliphatic rings. The Kier molecular flexibility index (Phi) is 7.18. The minimum atomic E-state index is -4.99. The normalized spacial score (nSPS) is 14.5. The number of alkyl halides is 4. The molecule has 0 saturated heterocycles. The van der Waals surface area contributed by atoms with E-state index in [1.165, 1.54) is 24.5 Å². The molecule has 0 spiro atoms. The van der Waals surface area contributed by atoms with Crippen molar-refractivity contribution in [2.45, 2.75) is 13.1 Å². The molecule has 0 saturated carbocycles. The molecule has 0 aliphatic heterocycles. The molecule has 2 N–H and O–H groups in total. The standard InChI is InChI=1S/C20H15Cl2F3IN3O3/c1-11-14(3-2-6-27-11)19(31)18-17(7-12(21)9-28-18)29-26(32,10-30)13-4-5-16(22)15(8-13)20(23,24)25/h2-9,30H,10H2,1H3,(H,29,32). The molecule has 0 radical (unpaired) electrons. The number of pyridine rings is 2. The number of nitrogens with zero attached hydrogens (tertiary/aromatic N) is 2. The van der Waals surface area contributed by atoms with Gasteiger partial charge in [0.2, 0.25) is 0 Å². The first-order valence-electron chi connectivity index (χ1n) is 8.79. The number of nitrogens with one attached hydrogen (secondary N) is 1. The van der Waals surface area contributed by atoms with E-state index in [4.69, 9.17) is 23.2 Å². The Hall–Kier alpha value is -2.15. The molecule has 6 nitrogen and oxygen atoms in total. The van der Waals surface area contributed by atoms with E-state index in [9.17, 15) is 26.1 Å². The van der Waals surface area contributed by atoms with Crippen LogP contribution in [0.5, 0.6) is 0 Å². The summed E-state index contributed by atoms with van der Waals surface area (Å²) in [7, 11) is 0. The molecular formula is C20H15Cl2F3IN3O3. The Bertz CT molecular complexity index is 1240. The zero-order valence-corrected chi connectivity index (χ0v) is 19.9. The van der Waals surface area contributed by atoms with Crippen molar-refractivity contribution in [3.63, 3.8) is 0 Å². The number of carbonyl (C=O) groups is 1. The van der Waals surface area contributed by atoms with Crippen LogP contribution in [0.2, 0.25) is 10.0 Å². The second kappa shape index (κ2) is 9.38. The predicted octanol–water partition coefficient (Wildman–Crippen LogP) is 5.88. The maximum absolute atomic E-state index is 13.5. The summed E-state index contributed by atoms with van der Waals surface area (Å²) in [6.07, 6.45) is -2.09. The van der Waals surface area contributed by atoms with Crippen LogP contribution >= 0.6 is 41.9 Å². The number of aliphatic hydroxyl groups is 1. The summed E-state index contributed by atoms with van der Waals surface area (Å²) in [6.45, 7) is 1.62. The quantitative estimate of drug-likeness (QED) is 0.159. The van der Waals surface area contributed by atoms with E-state index < -0.39 is 45.9 Å². The fourth-order valence-corrected chi connectivity index (χ4v) is 6.95. The van der Waals surface area contributed by atoms with Crippen molar-refractivity contribution in [3.05, 3.63) is 84.9 Å². The molecule has 3 aromatic rings. The molecule has 1 aromatic carbocycles. The van der Waals surface area contributed by atoms with Crippen LogP contribution < -0.4 is 3.53 Å². The van der Waals surface area contributed by atoms with Crippen LogP contribution in [-0.4, -0.2) is 25.5 Å². The number of hydrogen-bond donors (Lipinski definition) is 2. The van der Waals surface area contributed by atoms with E-state index >= 15 is 0 Å². The topological polar surface area (TPSA) is 92.2 Å². The van der Waals surface area contributed by atoms with Crippen molar-refractivity contribution in [1.82, 2.24) is 9.97 Å². The summed E-state index contributed by atoms with van der Waals surface area (Å²) in [5.41, 5.74) is -0.808. The monoisotopic (exact) mass is 599 g/mol. The second-order valence-corrected chi connectivity index (χ2v) is 13.4. The molecule has 0 bridgehead atoms. The van der Waals surface area contributed by atoms with Gasteiger partial charge in [-0.25, -0.2) is 0 Å². The molecule has 1 atom stereocenters. The molecule has 2 aromatic heterocycles. The number of aliphatic hydroxyl groups excluding tert-OH is 1. The summed E-state index contributed by atoms with van der Waals surface area (Å²) in [6, 6.07) is 7.05. The first-order valence-corrected chi connectivity index (χ1v) is 14.1. The van der Waals surface area contributed by atoms with E-state index in [1.807, 2.05) is 0 Å². The molecule has 0 amide bonds. The van der Waals surface area contributed by atoms with E-state index in [0.717, 1.165) is 12.1 Å². The van der Waals surface area contributed by atoms with Gasteiger partial charge in [0.15, 0.2) is 0 Å². The van der Waals surface area contributed by atoms with Gasteiger partial charge in [-0.1, -0.05) is 0 Å². The first kappa shape index (κ1) is 24.5. The molecule has 2 heterocycles. The summed E-state index contributed by atoms with van der Waals surface area (Å²) in [5.74, 6) is -0.566. The number of ketones is 1.